The first-order valence-electron chi connectivity index (χ1n) is 11.5. The second kappa shape index (κ2) is 10.1. The molecule has 1 unspecified atom stereocenters. The summed E-state index contributed by atoms with van der Waals surface area (Å²) in [5.41, 5.74) is 7.22. The van der Waals surface area contributed by atoms with Gasteiger partial charge in [-0.15, -0.1) is 11.8 Å². The Morgan fingerprint density at radius 2 is 1.71 bits per heavy atom. The number of hydrogen-bond acceptors (Lipinski definition) is 5. The fourth-order valence-electron chi connectivity index (χ4n) is 5.02. The van der Waals surface area contributed by atoms with Crippen molar-refractivity contribution in [1.29, 1.82) is 0 Å². The predicted octanol–water partition coefficient (Wildman–Crippen LogP) is 5.83. The van der Waals surface area contributed by atoms with Crippen LogP contribution in [0.4, 0.5) is 5.82 Å². The number of aromatic amines is 1. The lowest BCUT2D eigenvalue weighted by molar-refractivity contribution is 0.200. The summed E-state index contributed by atoms with van der Waals surface area (Å²) in [6.07, 6.45) is 2.07. The van der Waals surface area contributed by atoms with Gasteiger partial charge >= 0.3 is 0 Å². The number of H-pyrrole nitrogens is 1. The Balaban J connectivity index is 2.16. The molecular formula is C28H33N3O2S. The number of benzene rings is 3. The maximum atomic E-state index is 9.54. The van der Waals surface area contributed by atoms with Crippen LogP contribution in [0.1, 0.15) is 39.3 Å². The molecule has 0 fully saturated rings. The average Bonchev–Trinajstić information content (AvgIpc) is 3.24. The molecule has 0 radical (unpaired) electrons. The van der Waals surface area contributed by atoms with Crippen molar-refractivity contribution in [1.82, 2.24) is 10.2 Å². The van der Waals surface area contributed by atoms with E-state index in [0.717, 1.165) is 38.5 Å². The highest BCUT2D eigenvalue weighted by Gasteiger charge is 2.32. The minimum Gasteiger partial charge on any atom is -0.491 e. The zero-order valence-electron chi connectivity index (χ0n) is 20.8. The highest BCUT2D eigenvalue weighted by atomic mass is 32.2. The summed E-state index contributed by atoms with van der Waals surface area (Å²) >= 11 is 1.65. The lowest BCUT2D eigenvalue weighted by Gasteiger charge is -2.28. The smallest absolute Gasteiger partial charge is 0.128 e. The highest BCUT2D eigenvalue weighted by molar-refractivity contribution is 7.98. The number of aryl methyl sites for hydroxylation is 3. The minimum absolute atomic E-state index is 0.0375. The van der Waals surface area contributed by atoms with Crippen molar-refractivity contribution < 1.29 is 9.84 Å². The molecule has 34 heavy (non-hydrogen) atoms. The van der Waals surface area contributed by atoms with Crippen LogP contribution >= 0.6 is 11.8 Å². The molecule has 0 amide bonds. The van der Waals surface area contributed by atoms with Crippen molar-refractivity contribution in [3.05, 3.63) is 81.9 Å². The number of aliphatic hydroxyl groups is 1. The van der Waals surface area contributed by atoms with Crippen molar-refractivity contribution >= 4 is 28.4 Å². The molecule has 0 aliphatic heterocycles. The highest BCUT2D eigenvalue weighted by Crippen LogP contribution is 2.48. The Labute approximate surface area is 206 Å². The van der Waals surface area contributed by atoms with E-state index < -0.39 is 0 Å². The number of nitrogens with one attached hydrogen (secondary N) is 1. The SMILES string of the molecule is CSc1n[nH]c(N(C)C)c1C(c1c(C)cc(C)cc1C)c1c(OCCO)ccc2ccccc12. The monoisotopic (exact) mass is 475 g/mol. The number of anilines is 1. The van der Waals surface area contributed by atoms with Gasteiger partial charge in [-0.3, -0.25) is 5.10 Å². The molecule has 0 saturated carbocycles. The summed E-state index contributed by atoms with van der Waals surface area (Å²) in [5, 5.41) is 20.8. The van der Waals surface area contributed by atoms with Gasteiger partial charge in [0.15, 0.2) is 0 Å². The number of fused-ring (bicyclic) bond motifs is 1. The van der Waals surface area contributed by atoms with E-state index in [2.05, 4.69) is 79.5 Å². The predicted molar refractivity (Wildman–Crippen MR) is 143 cm³/mol. The molecule has 0 aliphatic carbocycles. The van der Waals surface area contributed by atoms with E-state index in [-0.39, 0.29) is 19.1 Å². The van der Waals surface area contributed by atoms with E-state index >= 15 is 0 Å². The Hall–Kier alpha value is -2.96. The maximum absolute atomic E-state index is 9.54. The molecule has 6 heteroatoms. The van der Waals surface area contributed by atoms with Gasteiger partial charge in [-0.05, 0) is 60.6 Å². The Kier molecular flexibility index (Phi) is 7.19. The molecule has 178 valence electrons. The quantitative estimate of drug-likeness (QED) is 0.314. The number of aromatic nitrogens is 2. The Bertz CT molecular complexity index is 1290. The summed E-state index contributed by atoms with van der Waals surface area (Å²) in [6.45, 7) is 6.73. The summed E-state index contributed by atoms with van der Waals surface area (Å²) in [6, 6.07) is 17.1. The van der Waals surface area contributed by atoms with Crippen LogP contribution in [0.5, 0.6) is 5.75 Å². The molecular weight excluding hydrogens is 442 g/mol. The molecule has 0 saturated heterocycles. The third kappa shape index (κ3) is 4.40. The minimum atomic E-state index is -0.112. The van der Waals surface area contributed by atoms with E-state index in [1.165, 1.54) is 22.3 Å². The first-order chi connectivity index (χ1) is 16.4. The van der Waals surface area contributed by atoms with Gasteiger partial charge in [0.25, 0.3) is 0 Å². The summed E-state index contributed by atoms with van der Waals surface area (Å²) in [7, 11) is 4.08. The van der Waals surface area contributed by atoms with E-state index in [1.54, 1.807) is 11.8 Å². The van der Waals surface area contributed by atoms with Gasteiger partial charge in [-0.1, -0.05) is 48.0 Å². The molecule has 4 aromatic rings. The second-order valence-electron chi connectivity index (χ2n) is 8.91. The summed E-state index contributed by atoms with van der Waals surface area (Å²) in [5.74, 6) is 1.66. The zero-order chi connectivity index (χ0) is 24.4. The van der Waals surface area contributed by atoms with Crippen LogP contribution < -0.4 is 9.64 Å². The lowest BCUT2D eigenvalue weighted by atomic mass is 9.78. The Morgan fingerprint density at radius 1 is 1.00 bits per heavy atom. The van der Waals surface area contributed by atoms with E-state index in [0.29, 0.717) is 0 Å². The number of nitrogens with zero attached hydrogens (tertiary/aromatic N) is 2. The van der Waals surface area contributed by atoms with Crippen LogP contribution in [0.2, 0.25) is 0 Å². The van der Waals surface area contributed by atoms with Crippen molar-refractivity contribution in [3.8, 4) is 5.75 Å². The molecule has 0 aliphatic rings. The van der Waals surface area contributed by atoms with Gasteiger partial charge in [0.1, 0.15) is 23.2 Å². The van der Waals surface area contributed by atoms with Gasteiger partial charge in [0, 0.05) is 31.1 Å². The zero-order valence-corrected chi connectivity index (χ0v) is 21.6. The van der Waals surface area contributed by atoms with Gasteiger partial charge < -0.3 is 14.7 Å². The summed E-state index contributed by atoms with van der Waals surface area (Å²) in [4.78, 5) is 2.09. The lowest BCUT2D eigenvalue weighted by Crippen LogP contribution is -2.17. The normalized spacial score (nSPS) is 12.2. The van der Waals surface area contributed by atoms with Crippen LogP contribution in [0.15, 0.2) is 53.6 Å². The van der Waals surface area contributed by atoms with Crippen molar-refractivity contribution in [2.24, 2.45) is 0 Å². The number of thioether (sulfide) groups is 1. The van der Waals surface area contributed by atoms with Crippen LogP contribution in [0.25, 0.3) is 10.8 Å². The Morgan fingerprint density at radius 3 is 2.35 bits per heavy atom. The molecule has 1 heterocycles. The summed E-state index contributed by atoms with van der Waals surface area (Å²) < 4.78 is 6.17. The topological polar surface area (TPSA) is 61.4 Å². The third-order valence-electron chi connectivity index (χ3n) is 6.27. The van der Waals surface area contributed by atoms with Gasteiger partial charge in [-0.2, -0.15) is 5.10 Å². The van der Waals surface area contributed by atoms with Crippen LogP contribution in [0.3, 0.4) is 0 Å². The van der Waals surface area contributed by atoms with Gasteiger partial charge in [-0.25, -0.2) is 0 Å². The van der Waals surface area contributed by atoms with Gasteiger partial charge in [0.05, 0.1) is 6.61 Å². The van der Waals surface area contributed by atoms with E-state index in [9.17, 15) is 5.11 Å². The molecule has 0 spiro atoms. The molecule has 5 nitrogen and oxygen atoms in total. The van der Waals surface area contributed by atoms with Crippen LogP contribution in [0, 0.1) is 20.8 Å². The first kappa shape index (κ1) is 24.2. The first-order valence-corrected chi connectivity index (χ1v) is 12.7. The molecule has 0 bridgehead atoms. The molecule has 3 aromatic carbocycles. The number of hydrogen-bond donors (Lipinski definition) is 2. The second-order valence-corrected chi connectivity index (χ2v) is 9.70. The van der Waals surface area contributed by atoms with Gasteiger partial charge in [0.2, 0.25) is 0 Å². The fraction of sp³-hybridized carbons (Fsp3) is 0.321. The van der Waals surface area contributed by atoms with Crippen LogP contribution in [-0.4, -0.2) is 48.9 Å². The fourth-order valence-corrected chi connectivity index (χ4v) is 5.59. The van der Waals surface area contributed by atoms with Crippen LogP contribution in [-0.2, 0) is 0 Å². The largest absolute Gasteiger partial charge is 0.491 e. The molecule has 4 rings (SSSR count). The number of rotatable bonds is 8. The standard InChI is InChI=1S/C28H33N3O2S/c1-17-15-18(2)23(19(3)16-17)25(26-27(31(4)5)29-30-28(26)34-6)24-21-10-8-7-9-20(21)11-12-22(24)33-14-13-32/h7-12,15-16,25,32H,13-14H2,1-6H3,(H,29,30). The maximum Gasteiger partial charge on any atom is 0.128 e. The number of ether oxygens (including phenoxy) is 1. The third-order valence-corrected chi connectivity index (χ3v) is 6.97. The molecule has 2 N–H and O–H groups in total. The van der Waals surface area contributed by atoms with E-state index in [1.807, 2.05) is 20.2 Å². The average molecular weight is 476 g/mol. The number of aliphatic hydroxyl groups excluding tert-OH is 1. The molecule has 1 atom stereocenters. The molecule has 1 aromatic heterocycles. The van der Waals surface area contributed by atoms with E-state index in [4.69, 9.17) is 9.84 Å². The van der Waals surface area contributed by atoms with Crippen molar-refractivity contribution in [2.45, 2.75) is 31.7 Å². The van der Waals surface area contributed by atoms with Crippen molar-refractivity contribution in [3.63, 3.8) is 0 Å². The van der Waals surface area contributed by atoms with Crippen molar-refractivity contribution in [2.75, 3.05) is 38.5 Å².